The molecular formula is C11H14N2O3. The van der Waals surface area contributed by atoms with E-state index in [1.165, 1.54) is 19.2 Å². The SMILES string of the molecule is CNC(=O)CCNC(=O)c1ccccc1O. The number of amides is 2. The molecule has 1 rings (SSSR count). The number of rotatable bonds is 4. The first-order valence-electron chi connectivity index (χ1n) is 4.92. The van der Waals surface area contributed by atoms with E-state index in [0.29, 0.717) is 0 Å². The van der Waals surface area contributed by atoms with Crippen molar-refractivity contribution in [2.24, 2.45) is 0 Å². The highest BCUT2D eigenvalue weighted by molar-refractivity contribution is 5.96. The van der Waals surface area contributed by atoms with E-state index in [4.69, 9.17) is 0 Å². The van der Waals surface area contributed by atoms with Crippen LogP contribution in [0.1, 0.15) is 16.8 Å². The van der Waals surface area contributed by atoms with Crippen molar-refractivity contribution in [2.75, 3.05) is 13.6 Å². The van der Waals surface area contributed by atoms with Crippen molar-refractivity contribution < 1.29 is 14.7 Å². The normalized spacial score (nSPS) is 9.56. The Balaban J connectivity index is 2.47. The van der Waals surface area contributed by atoms with E-state index in [9.17, 15) is 14.7 Å². The molecule has 0 radical (unpaired) electrons. The molecule has 0 spiro atoms. The van der Waals surface area contributed by atoms with Crippen molar-refractivity contribution in [2.45, 2.75) is 6.42 Å². The van der Waals surface area contributed by atoms with Crippen LogP contribution in [0.5, 0.6) is 5.75 Å². The molecule has 0 aliphatic rings. The third-order valence-electron chi connectivity index (χ3n) is 2.07. The molecule has 1 aromatic carbocycles. The van der Waals surface area contributed by atoms with Gasteiger partial charge in [0.05, 0.1) is 5.56 Å². The maximum Gasteiger partial charge on any atom is 0.255 e. The fourth-order valence-corrected chi connectivity index (χ4v) is 1.18. The Morgan fingerprint density at radius 1 is 1.31 bits per heavy atom. The zero-order valence-electron chi connectivity index (χ0n) is 8.99. The van der Waals surface area contributed by atoms with Gasteiger partial charge in [0.25, 0.3) is 5.91 Å². The Bertz CT molecular complexity index is 391. The van der Waals surface area contributed by atoms with Gasteiger partial charge in [0.1, 0.15) is 5.75 Å². The molecule has 0 aromatic heterocycles. The van der Waals surface area contributed by atoms with Gasteiger partial charge >= 0.3 is 0 Å². The number of aromatic hydroxyl groups is 1. The van der Waals surface area contributed by atoms with Gasteiger partial charge in [-0.2, -0.15) is 0 Å². The summed E-state index contributed by atoms with van der Waals surface area (Å²) in [6.45, 7) is 0.243. The molecule has 0 bridgehead atoms. The molecule has 0 unspecified atom stereocenters. The molecule has 5 heteroatoms. The molecular weight excluding hydrogens is 208 g/mol. The fraction of sp³-hybridized carbons (Fsp3) is 0.273. The second-order valence-corrected chi connectivity index (χ2v) is 3.20. The highest BCUT2D eigenvalue weighted by Gasteiger charge is 2.09. The van der Waals surface area contributed by atoms with Crippen molar-refractivity contribution in [1.29, 1.82) is 0 Å². The third-order valence-corrected chi connectivity index (χ3v) is 2.07. The zero-order valence-corrected chi connectivity index (χ0v) is 8.99. The molecule has 86 valence electrons. The molecule has 0 heterocycles. The molecule has 5 nitrogen and oxygen atoms in total. The fourth-order valence-electron chi connectivity index (χ4n) is 1.18. The molecule has 16 heavy (non-hydrogen) atoms. The second kappa shape index (κ2) is 5.75. The van der Waals surface area contributed by atoms with Crippen LogP contribution in [0.4, 0.5) is 0 Å². The smallest absolute Gasteiger partial charge is 0.255 e. The van der Waals surface area contributed by atoms with Crippen LogP contribution in [0.2, 0.25) is 0 Å². The van der Waals surface area contributed by atoms with Crippen LogP contribution >= 0.6 is 0 Å². The minimum absolute atomic E-state index is 0.0695. The topological polar surface area (TPSA) is 78.4 Å². The van der Waals surface area contributed by atoms with Gasteiger partial charge in [0.15, 0.2) is 0 Å². The molecule has 2 amide bonds. The van der Waals surface area contributed by atoms with Crippen LogP contribution in [-0.4, -0.2) is 30.5 Å². The summed E-state index contributed by atoms with van der Waals surface area (Å²) in [5.74, 6) is -0.598. The van der Waals surface area contributed by atoms with Gasteiger partial charge < -0.3 is 15.7 Å². The van der Waals surface area contributed by atoms with Gasteiger partial charge in [-0.15, -0.1) is 0 Å². The Morgan fingerprint density at radius 3 is 2.62 bits per heavy atom. The lowest BCUT2D eigenvalue weighted by Gasteiger charge is -2.05. The highest BCUT2D eigenvalue weighted by atomic mass is 16.3. The van der Waals surface area contributed by atoms with Crippen molar-refractivity contribution in [1.82, 2.24) is 10.6 Å². The maximum atomic E-state index is 11.5. The van der Waals surface area contributed by atoms with E-state index in [-0.39, 0.29) is 36.1 Å². The number of carbonyl (C=O) groups is 2. The van der Waals surface area contributed by atoms with Gasteiger partial charge in [-0.25, -0.2) is 0 Å². The standard InChI is InChI=1S/C11H14N2O3/c1-12-10(15)6-7-13-11(16)8-4-2-3-5-9(8)14/h2-5,14H,6-7H2,1H3,(H,12,15)(H,13,16). The minimum atomic E-state index is -0.387. The number of hydrogen-bond donors (Lipinski definition) is 3. The Labute approximate surface area is 93.5 Å². The summed E-state index contributed by atoms with van der Waals surface area (Å²) in [5, 5.41) is 14.4. The van der Waals surface area contributed by atoms with Crippen LogP contribution in [0.15, 0.2) is 24.3 Å². The largest absolute Gasteiger partial charge is 0.507 e. The lowest BCUT2D eigenvalue weighted by atomic mass is 10.2. The van der Waals surface area contributed by atoms with E-state index in [1.54, 1.807) is 12.1 Å². The van der Waals surface area contributed by atoms with Gasteiger partial charge in [-0.1, -0.05) is 12.1 Å². The molecule has 0 aliphatic heterocycles. The van der Waals surface area contributed by atoms with Crippen molar-refractivity contribution in [3.63, 3.8) is 0 Å². The van der Waals surface area contributed by atoms with Gasteiger partial charge in [0.2, 0.25) is 5.91 Å². The molecule has 0 atom stereocenters. The number of nitrogens with one attached hydrogen (secondary N) is 2. The molecule has 0 saturated carbocycles. The summed E-state index contributed by atoms with van der Waals surface area (Å²) in [6.07, 6.45) is 0.218. The quantitative estimate of drug-likeness (QED) is 0.683. The average Bonchev–Trinajstić information content (AvgIpc) is 2.29. The first kappa shape index (κ1) is 12.0. The van der Waals surface area contributed by atoms with E-state index < -0.39 is 0 Å². The summed E-state index contributed by atoms with van der Waals surface area (Å²) in [6, 6.07) is 6.25. The van der Waals surface area contributed by atoms with Crippen molar-refractivity contribution in [3.8, 4) is 5.75 Å². The summed E-state index contributed by atoms with van der Waals surface area (Å²) < 4.78 is 0. The predicted octanol–water partition coefficient (Wildman–Crippen LogP) is 0.258. The highest BCUT2D eigenvalue weighted by Crippen LogP contribution is 2.14. The molecule has 1 aromatic rings. The Morgan fingerprint density at radius 2 is 2.00 bits per heavy atom. The Hall–Kier alpha value is -2.04. The minimum Gasteiger partial charge on any atom is -0.507 e. The summed E-state index contributed by atoms with van der Waals surface area (Å²) in [5.41, 5.74) is 0.208. The van der Waals surface area contributed by atoms with E-state index in [0.717, 1.165) is 0 Å². The molecule has 0 fully saturated rings. The van der Waals surface area contributed by atoms with Crippen LogP contribution < -0.4 is 10.6 Å². The molecule has 0 aliphatic carbocycles. The lowest BCUT2D eigenvalue weighted by molar-refractivity contribution is -0.120. The van der Waals surface area contributed by atoms with Crippen LogP contribution in [-0.2, 0) is 4.79 Å². The maximum absolute atomic E-state index is 11.5. The van der Waals surface area contributed by atoms with Gasteiger partial charge in [0, 0.05) is 20.0 Å². The van der Waals surface area contributed by atoms with E-state index in [1.807, 2.05) is 0 Å². The third kappa shape index (κ3) is 3.27. The predicted molar refractivity (Wildman–Crippen MR) is 59.1 cm³/mol. The van der Waals surface area contributed by atoms with Gasteiger partial charge in [-0.05, 0) is 12.1 Å². The zero-order chi connectivity index (χ0) is 12.0. The number of phenolic OH excluding ortho intramolecular Hbond substituents is 1. The van der Waals surface area contributed by atoms with E-state index >= 15 is 0 Å². The Kier molecular flexibility index (Phi) is 4.32. The molecule has 0 saturated heterocycles. The second-order valence-electron chi connectivity index (χ2n) is 3.20. The molecule has 3 N–H and O–H groups in total. The van der Waals surface area contributed by atoms with Crippen LogP contribution in [0, 0.1) is 0 Å². The van der Waals surface area contributed by atoms with E-state index in [2.05, 4.69) is 10.6 Å². The number of benzene rings is 1. The number of carbonyl (C=O) groups excluding carboxylic acids is 2. The monoisotopic (exact) mass is 222 g/mol. The number of hydrogen-bond acceptors (Lipinski definition) is 3. The van der Waals surface area contributed by atoms with Crippen molar-refractivity contribution >= 4 is 11.8 Å². The first-order valence-corrected chi connectivity index (χ1v) is 4.92. The number of para-hydroxylation sites is 1. The van der Waals surface area contributed by atoms with Crippen LogP contribution in [0.3, 0.4) is 0 Å². The summed E-state index contributed by atoms with van der Waals surface area (Å²) >= 11 is 0. The first-order chi connectivity index (χ1) is 7.65. The van der Waals surface area contributed by atoms with Crippen molar-refractivity contribution in [3.05, 3.63) is 29.8 Å². The van der Waals surface area contributed by atoms with Gasteiger partial charge in [-0.3, -0.25) is 9.59 Å². The van der Waals surface area contributed by atoms with Crippen LogP contribution in [0.25, 0.3) is 0 Å². The number of phenols is 1. The average molecular weight is 222 g/mol. The summed E-state index contributed by atoms with van der Waals surface area (Å²) in [4.78, 5) is 22.4. The summed E-state index contributed by atoms with van der Waals surface area (Å²) in [7, 11) is 1.53. The lowest BCUT2D eigenvalue weighted by Crippen LogP contribution is -2.29.